The quantitative estimate of drug-likeness (QED) is 0.145. The first-order chi connectivity index (χ1) is 16.8. The van der Waals surface area contributed by atoms with Gasteiger partial charge in [0.2, 0.25) is 0 Å². The second-order valence-electron chi connectivity index (χ2n) is 6.88. The topological polar surface area (TPSA) is 77.3 Å². The van der Waals surface area contributed by atoms with Crippen LogP contribution < -0.4 is 0 Å². The van der Waals surface area contributed by atoms with Gasteiger partial charge in [0.05, 0.1) is 34.2 Å². The molecule has 3 aromatic heterocycles. The molecule has 1 aromatic carbocycles. The van der Waals surface area contributed by atoms with E-state index in [1.807, 2.05) is 0 Å². The van der Waals surface area contributed by atoms with Crippen molar-refractivity contribution in [2.24, 2.45) is 0 Å². The average molecular weight is 732 g/mol. The van der Waals surface area contributed by atoms with E-state index in [0.29, 0.717) is 0 Å². The molecule has 6 nitrogen and oxygen atoms in total. The van der Waals surface area contributed by atoms with E-state index in [2.05, 4.69) is 29.9 Å². The van der Waals surface area contributed by atoms with Crippen molar-refractivity contribution in [2.45, 2.75) is 29.0 Å². The summed E-state index contributed by atoms with van der Waals surface area (Å²) < 4.78 is 0. The third-order valence-corrected chi connectivity index (χ3v) is 7.25. The first-order valence-electron chi connectivity index (χ1n) is 9.28. The number of rotatable bonds is 6. The van der Waals surface area contributed by atoms with E-state index in [0.717, 1.165) is 0 Å². The zero-order chi connectivity index (χ0) is 26.6. The van der Waals surface area contributed by atoms with Gasteiger partial charge in [0.15, 0.2) is 29.0 Å². The number of hydrogen-bond acceptors (Lipinski definition) is 6. The van der Waals surface area contributed by atoms with Crippen LogP contribution in [0.3, 0.4) is 0 Å². The Bertz CT molecular complexity index is 1160. The molecule has 0 atom stereocenters. The molecule has 0 aliphatic rings. The van der Waals surface area contributed by atoms with Crippen LogP contribution in [0.15, 0.2) is 0 Å². The fraction of sp³-hybridized carbons (Fsp3) is 0.333. The van der Waals surface area contributed by atoms with E-state index < -0.39 is 29.0 Å². The van der Waals surface area contributed by atoms with E-state index in [1.54, 1.807) is 0 Å². The fourth-order valence-corrected chi connectivity index (χ4v) is 5.27. The SMILES string of the molecule is ClC(Cl)c1nc2c3nc(C(Cl)Cl)c(C(Cl)Cl)nc3c3nc(C(Cl)Cl)c(C(Cl)Cl)nc3c2nc1C(Cl)Cl. The lowest BCUT2D eigenvalue weighted by Crippen LogP contribution is -2.09. The lowest BCUT2D eigenvalue weighted by atomic mass is 10.1. The van der Waals surface area contributed by atoms with Gasteiger partial charge in [-0.3, -0.25) is 0 Å². The minimum atomic E-state index is -1.15. The molecular formula is C18H6Cl12N6. The number of alkyl halides is 12. The summed E-state index contributed by atoms with van der Waals surface area (Å²) in [5.74, 6) is 0. The van der Waals surface area contributed by atoms with E-state index in [-0.39, 0.29) is 67.3 Å². The molecule has 4 aromatic rings. The Kier molecular flexibility index (Phi) is 9.63. The third-order valence-electron chi connectivity index (χ3n) is 4.77. The molecule has 18 heteroatoms. The minimum absolute atomic E-state index is 0.0775. The van der Waals surface area contributed by atoms with Crippen molar-refractivity contribution in [3.63, 3.8) is 0 Å². The van der Waals surface area contributed by atoms with E-state index in [1.165, 1.54) is 0 Å². The van der Waals surface area contributed by atoms with Crippen LogP contribution in [0.2, 0.25) is 0 Å². The van der Waals surface area contributed by atoms with Gasteiger partial charge < -0.3 is 0 Å². The highest BCUT2D eigenvalue weighted by atomic mass is 35.6. The summed E-state index contributed by atoms with van der Waals surface area (Å²) in [6.45, 7) is 0. The first kappa shape index (κ1) is 29.7. The van der Waals surface area contributed by atoms with Gasteiger partial charge in [-0.2, -0.15) is 0 Å². The maximum absolute atomic E-state index is 6.13. The van der Waals surface area contributed by atoms with Gasteiger partial charge in [0.25, 0.3) is 0 Å². The Labute approximate surface area is 263 Å². The van der Waals surface area contributed by atoms with Gasteiger partial charge in [-0.1, -0.05) is 139 Å². The molecule has 0 spiro atoms. The standard InChI is InChI=1S/C18H6Cl12N6/c19-13(20)7-8(14(21)22)32-2-1(31-7)3-5(34-10(16(25)26)9(33-3)15(23)24)6-4(2)35-11(17(27)28)12(36-6)18(29)30/h13-18H. The molecule has 4 rings (SSSR count). The number of aromatic nitrogens is 6. The Morgan fingerprint density at radius 1 is 0.250 bits per heavy atom. The van der Waals surface area contributed by atoms with Crippen LogP contribution in [0.5, 0.6) is 0 Å². The monoisotopic (exact) mass is 726 g/mol. The highest BCUT2D eigenvalue weighted by Gasteiger charge is 2.29. The maximum Gasteiger partial charge on any atom is 0.151 e. The molecular weight excluding hydrogens is 726 g/mol. The van der Waals surface area contributed by atoms with E-state index >= 15 is 0 Å². The Morgan fingerprint density at radius 2 is 0.361 bits per heavy atom. The summed E-state index contributed by atoms with van der Waals surface area (Å²) >= 11 is 73.6. The fourth-order valence-electron chi connectivity index (χ4n) is 3.34. The van der Waals surface area contributed by atoms with Crippen LogP contribution in [0, 0.1) is 0 Å². The Balaban J connectivity index is 2.35. The number of fused-ring (bicyclic) bond motifs is 6. The van der Waals surface area contributed by atoms with Crippen molar-refractivity contribution in [2.75, 3.05) is 0 Å². The zero-order valence-corrected chi connectivity index (χ0v) is 25.8. The largest absolute Gasteiger partial charge is 0.244 e. The summed E-state index contributed by atoms with van der Waals surface area (Å²) in [6.07, 6.45) is 0. The lowest BCUT2D eigenvalue weighted by Gasteiger charge is -2.17. The van der Waals surface area contributed by atoms with E-state index in [9.17, 15) is 0 Å². The van der Waals surface area contributed by atoms with E-state index in [4.69, 9.17) is 139 Å². The molecule has 3 heterocycles. The number of nitrogens with zero attached hydrogens (tertiary/aromatic N) is 6. The minimum Gasteiger partial charge on any atom is -0.244 e. The summed E-state index contributed by atoms with van der Waals surface area (Å²) in [5.41, 5.74) is 1.35. The van der Waals surface area contributed by atoms with Crippen molar-refractivity contribution < 1.29 is 0 Å². The summed E-state index contributed by atoms with van der Waals surface area (Å²) in [4.78, 5) is 20.4. The molecule has 0 N–H and O–H groups in total. The van der Waals surface area contributed by atoms with Crippen molar-refractivity contribution in [3.8, 4) is 0 Å². The van der Waals surface area contributed by atoms with Gasteiger partial charge in [-0.25, -0.2) is 29.9 Å². The third kappa shape index (κ3) is 5.50. The predicted octanol–water partition coefficient (Wildman–Crippen LogP) is 10.4. The molecule has 0 bridgehead atoms. The van der Waals surface area contributed by atoms with Crippen molar-refractivity contribution in [1.82, 2.24) is 29.9 Å². The molecule has 0 fully saturated rings. The molecule has 0 unspecified atom stereocenters. The smallest absolute Gasteiger partial charge is 0.151 e. The Hall–Kier alpha value is 0.720. The zero-order valence-electron chi connectivity index (χ0n) is 16.7. The first-order valence-corrected chi connectivity index (χ1v) is 14.5. The second-order valence-corrected chi connectivity index (χ2v) is 13.5. The van der Waals surface area contributed by atoms with Crippen LogP contribution in [-0.4, -0.2) is 29.9 Å². The maximum atomic E-state index is 6.13. The molecule has 0 radical (unpaired) electrons. The summed E-state index contributed by atoms with van der Waals surface area (Å²) in [5, 5.41) is 0. The molecule has 36 heavy (non-hydrogen) atoms. The molecule has 0 saturated heterocycles. The van der Waals surface area contributed by atoms with Crippen LogP contribution in [0.4, 0.5) is 0 Å². The molecule has 192 valence electrons. The van der Waals surface area contributed by atoms with Crippen LogP contribution in [0.25, 0.3) is 33.1 Å². The molecule has 0 amide bonds. The summed E-state index contributed by atoms with van der Waals surface area (Å²) in [7, 11) is 0. The molecule has 0 saturated carbocycles. The molecule has 0 aliphatic heterocycles. The van der Waals surface area contributed by atoms with Gasteiger partial charge in [0, 0.05) is 0 Å². The van der Waals surface area contributed by atoms with Crippen molar-refractivity contribution in [1.29, 1.82) is 0 Å². The second kappa shape index (κ2) is 11.7. The van der Waals surface area contributed by atoms with Gasteiger partial charge in [0.1, 0.15) is 33.1 Å². The molecule has 0 aliphatic carbocycles. The van der Waals surface area contributed by atoms with Gasteiger partial charge >= 0.3 is 0 Å². The normalized spacial score (nSPS) is 12.8. The van der Waals surface area contributed by atoms with Crippen LogP contribution in [-0.2, 0) is 0 Å². The van der Waals surface area contributed by atoms with Gasteiger partial charge in [-0.15, -0.1) is 0 Å². The van der Waals surface area contributed by atoms with Crippen LogP contribution in [0.1, 0.15) is 63.2 Å². The number of benzene rings is 1. The highest BCUT2D eigenvalue weighted by molar-refractivity contribution is 6.47. The number of hydrogen-bond donors (Lipinski definition) is 0. The average Bonchev–Trinajstić information content (AvgIpc) is 2.81. The highest BCUT2D eigenvalue weighted by Crippen LogP contribution is 2.42. The Morgan fingerprint density at radius 3 is 0.444 bits per heavy atom. The van der Waals surface area contributed by atoms with Crippen molar-refractivity contribution in [3.05, 3.63) is 34.2 Å². The predicted molar refractivity (Wildman–Crippen MR) is 152 cm³/mol. The van der Waals surface area contributed by atoms with Crippen LogP contribution >= 0.6 is 139 Å². The van der Waals surface area contributed by atoms with Crippen molar-refractivity contribution >= 4 is 172 Å². The lowest BCUT2D eigenvalue weighted by molar-refractivity contribution is 1.01. The van der Waals surface area contributed by atoms with Gasteiger partial charge in [-0.05, 0) is 0 Å². The number of halogens is 12. The summed E-state index contributed by atoms with van der Waals surface area (Å²) in [6, 6.07) is 0.